The van der Waals surface area contributed by atoms with Crippen LogP contribution in [0.2, 0.25) is 0 Å². The van der Waals surface area contributed by atoms with Crippen molar-refractivity contribution in [1.82, 2.24) is 5.32 Å². The molecule has 2 aromatic rings. The number of halogens is 1. The van der Waals surface area contributed by atoms with E-state index in [-0.39, 0.29) is 18.5 Å². The van der Waals surface area contributed by atoms with Crippen LogP contribution in [0.5, 0.6) is 5.75 Å². The van der Waals surface area contributed by atoms with E-state index >= 15 is 0 Å². The number of primary amides is 1. The van der Waals surface area contributed by atoms with Gasteiger partial charge in [-0.3, -0.25) is 9.79 Å². The summed E-state index contributed by atoms with van der Waals surface area (Å²) in [6, 6.07) is 14.0. The Morgan fingerprint density at radius 3 is 2.50 bits per heavy atom. The molecule has 0 heterocycles. The molecule has 0 fully saturated rings. The molecule has 6 nitrogen and oxygen atoms in total. The number of benzene rings is 2. The maximum Gasteiger partial charge on any atom is 0.224 e. The number of ether oxygens (including phenoxy) is 1. The number of aliphatic imine (C=N–C) groups is 1. The fraction of sp³-hybridized carbons (Fsp3) is 0.391. The first-order chi connectivity index (χ1) is 14.2. The summed E-state index contributed by atoms with van der Waals surface area (Å²) in [6.45, 7) is 8.22. The monoisotopic (exact) mass is 414 g/mol. The molecule has 0 atom stereocenters. The third kappa shape index (κ3) is 7.73. The molecule has 0 aliphatic carbocycles. The van der Waals surface area contributed by atoms with Crippen LogP contribution < -0.4 is 21.1 Å². The first kappa shape index (κ1) is 23.2. The first-order valence-corrected chi connectivity index (χ1v) is 10.0. The van der Waals surface area contributed by atoms with Crippen LogP contribution in [-0.2, 0) is 11.2 Å². The number of nitrogens with zero attached hydrogens (tertiary/aromatic N) is 1. The van der Waals surface area contributed by atoms with Crippen LogP contribution in [0, 0.1) is 11.2 Å². The van der Waals surface area contributed by atoms with Gasteiger partial charge in [-0.05, 0) is 76.1 Å². The largest absolute Gasteiger partial charge is 0.491 e. The van der Waals surface area contributed by atoms with E-state index in [2.05, 4.69) is 15.6 Å². The second kappa shape index (κ2) is 10.6. The highest BCUT2D eigenvalue weighted by atomic mass is 19.1. The maximum atomic E-state index is 13.4. The van der Waals surface area contributed by atoms with Crippen molar-refractivity contribution >= 4 is 17.6 Å². The van der Waals surface area contributed by atoms with Crippen molar-refractivity contribution in [2.24, 2.45) is 16.1 Å². The fourth-order valence-corrected chi connectivity index (χ4v) is 2.54. The Kier molecular flexibility index (Phi) is 8.21. The molecule has 7 heteroatoms. The minimum atomic E-state index is -0.772. The molecule has 0 aliphatic rings. The number of anilines is 1. The first-order valence-electron chi connectivity index (χ1n) is 10.0. The number of nitrogens with one attached hydrogen (secondary N) is 2. The highest BCUT2D eigenvalue weighted by molar-refractivity contribution is 5.94. The lowest BCUT2D eigenvalue weighted by molar-refractivity contribution is -0.125. The van der Waals surface area contributed by atoms with E-state index in [0.29, 0.717) is 18.9 Å². The summed E-state index contributed by atoms with van der Waals surface area (Å²) in [5.74, 6) is 0.619. The van der Waals surface area contributed by atoms with E-state index in [1.54, 1.807) is 19.9 Å². The van der Waals surface area contributed by atoms with E-state index in [4.69, 9.17) is 10.5 Å². The predicted octanol–water partition coefficient (Wildman–Crippen LogP) is 3.72. The molecule has 0 saturated carbocycles. The van der Waals surface area contributed by atoms with Gasteiger partial charge >= 0.3 is 0 Å². The predicted molar refractivity (Wildman–Crippen MR) is 119 cm³/mol. The number of guanidine groups is 1. The van der Waals surface area contributed by atoms with Gasteiger partial charge in [-0.2, -0.15) is 0 Å². The summed E-state index contributed by atoms with van der Waals surface area (Å²) in [5.41, 5.74) is 6.39. The number of rotatable bonds is 9. The van der Waals surface area contributed by atoms with Crippen LogP contribution in [0.25, 0.3) is 0 Å². The molecule has 1 amide bonds. The zero-order valence-corrected chi connectivity index (χ0v) is 18.0. The fourth-order valence-electron chi connectivity index (χ4n) is 2.54. The van der Waals surface area contributed by atoms with Gasteiger partial charge in [-0.15, -0.1) is 0 Å². The standard InChI is InChI=1S/C23H31FN4O2/c1-16(2)30-20-10-8-19(9-11-20)28-22(27-15-23(3,4)21(25)29)26-13-12-17-6-5-7-18(24)14-17/h5-11,14,16H,12-13,15H2,1-4H3,(H2,25,29)(H2,26,27,28). The summed E-state index contributed by atoms with van der Waals surface area (Å²) in [6.07, 6.45) is 0.722. The number of nitrogens with two attached hydrogens (primary N) is 1. The zero-order chi connectivity index (χ0) is 22.1. The van der Waals surface area contributed by atoms with Crippen molar-refractivity contribution < 1.29 is 13.9 Å². The Hall–Kier alpha value is -3.09. The molecule has 0 radical (unpaired) electrons. The molecular formula is C23H31FN4O2. The lowest BCUT2D eigenvalue weighted by Gasteiger charge is -2.19. The lowest BCUT2D eigenvalue weighted by Crippen LogP contribution is -2.37. The van der Waals surface area contributed by atoms with Crippen molar-refractivity contribution in [3.63, 3.8) is 0 Å². The Morgan fingerprint density at radius 1 is 1.20 bits per heavy atom. The van der Waals surface area contributed by atoms with Crippen molar-refractivity contribution in [2.45, 2.75) is 40.2 Å². The van der Waals surface area contributed by atoms with Crippen LogP contribution >= 0.6 is 0 Å². The molecule has 30 heavy (non-hydrogen) atoms. The van der Waals surface area contributed by atoms with E-state index in [9.17, 15) is 9.18 Å². The topological polar surface area (TPSA) is 88.7 Å². The van der Waals surface area contributed by atoms with Crippen LogP contribution in [0.15, 0.2) is 53.5 Å². The summed E-state index contributed by atoms with van der Waals surface area (Å²) < 4.78 is 19.0. The van der Waals surface area contributed by atoms with Gasteiger partial charge in [0.05, 0.1) is 18.1 Å². The number of carbonyl (C=O) groups is 1. The molecular weight excluding hydrogens is 383 g/mol. The molecule has 162 valence electrons. The van der Waals surface area contributed by atoms with Crippen LogP contribution in [-0.4, -0.2) is 31.1 Å². The Bertz CT molecular complexity index is 864. The van der Waals surface area contributed by atoms with Crippen LogP contribution in [0.1, 0.15) is 33.3 Å². The highest BCUT2D eigenvalue weighted by Crippen LogP contribution is 2.18. The molecule has 0 aliphatic heterocycles. The second-order valence-corrected chi connectivity index (χ2v) is 8.04. The van der Waals surface area contributed by atoms with Gasteiger partial charge in [-0.1, -0.05) is 12.1 Å². The normalized spacial score (nSPS) is 12.0. The second-order valence-electron chi connectivity index (χ2n) is 8.04. The molecule has 0 aromatic heterocycles. The van der Waals surface area contributed by atoms with Crippen molar-refractivity contribution in [1.29, 1.82) is 0 Å². The number of carbonyl (C=O) groups excluding carboxylic acids is 1. The third-order valence-corrected chi connectivity index (χ3v) is 4.38. The van der Waals surface area contributed by atoms with Crippen molar-refractivity contribution in [3.05, 3.63) is 59.9 Å². The van der Waals surface area contributed by atoms with E-state index in [1.807, 2.05) is 44.2 Å². The van der Waals surface area contributed by atoms with Gasteiger partial charge in [0.25, 0.3) is 0 Å². The smallest absolute Gasteiger partial charge is 0.224 e. The minimum Gasteiger partial charge on any atom is -0.491 e. The molecule has 2 aromatic carbocycles. The van der Waals surface area contributed by atoms with E-state index < -0.39 is 11.3 Å². The molecule has 4 N–H and O–H groups in total. The Morgan fingerprint density at radius 2 is 1.90 bits per heavy atom. The minimum absolute atomic E-state index is 0.0986. The molecule has 0 saturated heterocycles. The Labute approximate surface area is 177 Å². The average molecular weight is 415 g/mol. The number of amides is 1. The summed E-state index contributed by atoms with van der Waals surface area (Å²) in [5, 5.41) is 6.45. The van der Waals surface area contributed by atoms with Crippen molar-refractivity contribution in [2.75, 3.05) is 18.4 Å². The number of hydrogen-bond acceptors (Lipinski definition) is 3. The highest BCUT2D eigenvalue weighted by Gasteiger charge is 2.24. The lowest BCUT2D eigenvalue weighted by atomic mass is 9.93. The molecule has 0 unspecified atom stereocenters. The van der Waals surface area contributed by atoms with Gasteiger partial charge < -0.3 is 21.1 Å². The Balaban J connectivity index is 2.07. The quantitative estimate of drug-likeness (QED) is 0.431. The molecule has 0 bridgehead atoms. The number of hydrogen-bond donors (Lipinski definition) is 3. The molecule has 0 spiro atoms. The summed E-state index contributed by atoms with van der Waals surface area (Å²) in [4.78, 5) is 16.1. The SMILES string of the molecule is CC(C)Oc1ccc(NC(=NCC(C)(C)C(N)=O)NCCc2cccc(F)c2)cc1. The molecule has 2 rings (SSSR count). The van der Waals surface area contributed by atoms with Crippen molar-refractivity contribution in [3.8, 4) is 5.75 Å². The summed E-state index contributed by atoms with van der Waals surface area (Å²) in [7, 11) is 0. The van der Waals surface area contributed by atoms with Gasteiger partial charge in [-0.25, -0.2) is 4.39 Å². The zero-order valence-electron chi connectivity index (χ0n) is 18.0. The summed E-state index contributed by atoms with van der Waals surface area (Å²) >= 11 is 0. The van der Waals surface area contributed by atoms with Gasteiger partial charge in [0.2, 0.25) is 5.91 Å². The third-order valence-electron chi connectivity index (χ3n) is 4.38. The van der Waals surface area contributed by atoms with Gasteiger partial charge in [0.1, 0.15) is 11.6 Å². The van der Waals surface area contributed by atoms with Gasteiger partial charge in [0, 0.05) is 12.2 Å². The average Bonchev–Trinajstić information content (AvgIpc) is 2.67. The van der Waals surface area contributed by atoms with Crippen LogP contribution in [0.3, 0.4) is 0 Å². The van der Waals surface area contributed by atoms with E-state index in [1.165, 1.54) is 12.1 Å². The van der Waals surface area contributed by atoms with E-state index in [0.717, 1.165) is 17.0 Å². The van der Waals surface area contributed by atoms with Gasteiger partial charge in [0.15, 0.2) is 5.96 Å². The van der Waals surface area contributed by atoms with Crippen LogP contribution in [0.4, 0.5) is 10.1 Å². The maximum absolute atomic E-state index is 13.4.